The van der Waals surface area contributed by atoms with Gasteiger partial charge in [0.15, 0.2) is 0 Å². The van der Waals surface area contributed by atoms with Crippen molar-refractivity contribution in [3.05, 3.63) is 53.3 Å². The van der Waals surface area contributed by atoms with E-state index in [1.165, 1.54) is 32.7 Å². The number of ether oxygens (including phenoxy) is 1. The summed E-state index contributed by atoms with van der Waals surface area (Å²) in [6.07, 6.45) is 1.90. The Morgan fingerprint density at radius 2 is 1.41 bits per heavy atom. The zero-order valence-electron chi connectivity index (χ0n) is 13.8. The zero-order valence-corrected chi connectivity index (χ0v) is 13.8. The minimum atomic E-state index is -0.270. The van der Waals surface area contributed by atoms with E-state index in [4.69, 9.17) is 4.74 Å². The van der Waals surface area contributed by atoms with Gasteiger partial charge in [-0.05, 0) is 68.0 Å². The number of hydrogen-bond acceptors (Lipinski definition) is 2. The van der Waals surface area contributed by atoms with Gasteiger partial charge in [-0.3, -0.25) is 4.98 Å². The Bertz CT molecular complexity index is 922. The maximum atomic E-state index is 6.34. The summed E-state index contributed by atoms with van der Waals surface area (Å²) in [5.74, 6) is 0. The lowest BCUT2D eigenvalue weighted by Crippen LogP contribution is -2.22. The van der Waals surface area contributed by atoms with Gasteiger partial charge in [-0.2, -0.15) is 0 Å². The Balaban J connectivity index is 2.19. The van der Waals surface area contributed by atoms with E-state index in [2.05, 4.69) is 69.9 Å². The molecule has 22 heavy (non-hydrogen) atoms. The minimum Gasteiger partial charge on any atom is -0.360 e. The molecule has 0 spiro atoms. The molecule has 4 rings (SSSR count). The second-order valence-corrected chi connectivity index (χ2v) is 7.26. The summed E-state index contributed by atoms with van der Waals surface area (Å²) in [5.41, 5.74) is 3.20. The zero-order chi connectivity index (χ0) is 15.7. The van der Waals surface area contributed by atoms with Crippen LogP contribution in [0.25, 0.3) is 21.5 Å². The molecule has 1 aliphatic heterocycles. The highest BCUT2D eigenvalue weighted by molar-refractivity contribution is 6.09. The third-order valence-electron chi connectivity index (χ3n) is 4.90. The predicted octanol–water partition coefficient (Wildman–Crippen LogP) is 5.20. The van der Waals surface area contributed by atoms with Crippen LogP contribution in [0.1, 0.15) is 44.5 Å². The number of nitrogens with zero attached hydrogens (tertiary/aromatic N) is 1. The second kappa shape index (κ2) is 4.08. The summed E-state index contributed by atoms with van der Waals surface area (Å²) >= 11 is 0. The molecule has 0 saturated carbocycles. The summed E-state index contributed by atoms with van der Waals surface area (Å²) in [4.78, 5) is 4.41. The van der Waals surface area contributed by atoms with Crippen LogP contribution in [-0.2, 0) is 15.9 Å². The number of aryl methyl sites for hydroxylation is 1. The fraction of sp³-hybridized carbons (Fsp3) is 0.350. The van der Waals surface area contributed by atoms with Crippen molar-refractivity contribution in [3.8, 4) is 0 Å². The van der Waals surface area contributed by atoms with E-state index in [1.54, 1.807) is 0 Å². The smallest absolute Gasteiger partial charge is 0.0896 e. The average molecular weight is 291 g/mol. The van der Waals surface area contributed by atoms with E-state index in [0.717, 1.165) is 5.69 Å². The van der Waals surface area contributed by atoms with E-state index in [1.807, 2.05) is 6.20 Å². The third-order valence-corrected chi connectivity index (χ3v) is 4.90. The van der Waals surface area contributed by atoms with Gasteiger partial charge in [-0.15, -0.1) is 0 Å². The van der Waals surface area contributed by atoms with E-state index in [9.17, 15) is 0 Å². The number of benzene rings is 2. The monoisotopic (exact) mass is 291 g/mol. The van der Waals surface area contributed by atoms with Crippen molar-refractivity contribution in [2.75, 3.05) is 0 Å². The highest BCUT2D eigenvalue weighted by atomic mass is 16.5. The second-order valence-electron chi connectivity index (χ2n) is 7.26. The van der Waals surface area contributed by atoms with Crippen LogP contribution in [0.3, 0.4) is 0 Å². The quantitative estimate of drug-likeness (QED) is 0.531. The van der Waals surface area contributed by atoms with Gasteiger partial charge in [-0.1, -0.05) is 24.3 Å². The minimum absolute atomic E-state index is 0.240. The first-order chi connectivity index (χ1) is 10.3. The Morgan fingerprint density at radius 3 is 2.18 bits per heavy atom. The lowest BCUT2D eigenvalue weighted by molar-refractivity contribution is -0.104. The van der Waals surface area contributed by atoms with Crippen LogP contribution in [0.2, 0.25) is 0 Å². The molecule has 1 aromatic heterocycles. The Hall–Kier alpha value is -1.93. The number of fused-ring (bicyclic) bond motifs is 5. The van der Waals surface area contributed by atoms with Crippen molar-refractivity contribution in [3.63, 3.8) is 0 Å². The highest BCUT2D eigenvalue weighted by Crippen LogP contribution is 2.50. The summed E-state index contributed by atoms with van der Waals surface area (Å²) in [6, 6.07) is 11.0. The summed E-state index contributed by atoms with van der Waals surface area (Å²) in [7, 11) is 0. The molecule has 2 heterocycles. The molecule has 0 N–H and O–H groups in total. The van der Waals surface area contributed by atoms with Crippen LogP contribution < -0.4 is 0 Å². The van der Waals surface area contributed by atoms with Crippen molar-refractivity contribution in [1.29, 1.82) is 0 Å². The molecule has 0 fully saturated rings. The lowest BCUT2D eigenvalue weighted by atomic mass is 9.85. The molecule has 1 aliphatic rings. The topological polar surface area (TPSA) is 22.1 Å². The molecule has 0 unspecified atom stereocenters. The van der Waals surface area contributed by atoms with Crippen LogP contribution in [0.4, 0.5) is 0 Å². The van der Waals surface area contributed by atoms with Gasteiger partial charge in [0, 0.05) is 17.3 Å². The molecule has 112 valence electrons. The molecule has 3 aromatic rings. The van der Waals surface area contributed by atoms with Gasteiger partial charge in [0.1, 0.15) is 0 Å². The molecule has 0 aliphatic carbocycles. The maximum absolute atomic E-state index is 6.34. The predicted molar refractivity (Wildman–Crippen MR) is 91.1 cm³/mol. The normalized spacial score (nSPS) is 18.8. The molecule has 2 nitrogen and oxygen atoms in total. The molecule has 2 aromatic carbocycles. The molecular formula is C20H21NO. The van der Waals surface area contributed by atoms with Crippen molar-refractivity contribution >= 4 is 21.5 Å². The maximum Gasteiger partial charge on any atom is 0.0896 e. The molecule has 0 amide bonds. The SMILES string of the molecule is Cc1nccc2c1ccc1c3c(ccc12)C(C)(C)OC3(C)C. The van der Waals surface area contributed by atoms with Crippen LogP contribution in [0, 0.1) is 6.92 Å². The van der Waals surface area contributed by atoms with Gasteiger partial charge in [-0.25, -0.2) is 0 Å². The van der Waals surface area contributed by atoms with Gasteiger partial charge < -0.3 is 4.74 Å². The van der Waals surface area contributed by atoms with Crippen molar-refractivity contribution < 1.29 is 4.74 Å². The summed E-state index contributed by atoms with van der Waals surface area (Å²) < 4.78 is 6.34. The first kappa shape index (κ1) is 13.7. The fourth-order valence-corrected chi connectivity index (χ4v) is 4.11. The van der Waals surface area contributed by atoms with Crippen molar-refractivity contribution in [2.24, 2.45) is 0 Å². The molecule has 0 atom stereocenters. The molecule has 0 radical (unpaired) electrons. The van der Waals surface area contributed by atoms with Crippen LogP contribution in [-0.4, -0.2) is 4.98 Å². The van der Waals surface area contributed by atoms with E-state index < -0.39 is 0 Å². The molecule has 0 saturated heterocycles. The van der Waals surface area contributed by atoms with Crippen LogP contribution in [0.5, 0.6) is 0 Å². The largest absolute Gasteiger partial charge is 0.360 e. The Labute approximate surface area is 131 Å². The average Bonchev–Trinajstić information content (AvgIpc) is 2.64. The lowest BCUT2D eigenvalue weighted by Gasteiger charge is -2.25. The highest BCUT2D eigenvalue weighted by Gasteiger charge is 2.43. The third kappa shape index (κ3) is 1.67. The Morgan fingerprint density at radius 1 is 0.773 bits per heavy atom. The van der Waals surface area contributed by atoms with Gasteiger partial charge in [0.05, 0.1) is 11.2 Å². The van der Waals surface area contributed by atoms with Crippen LogP contribution in [0.15, 0.2) is 36.5 Å². The number of pyridine rings is 1. The first-order valence-corrected chi connectivity index (χ1v) is 7.83. The van der Waals surface area contributed by atoms with Gasteiger partial charge in [0.25, 0.3) is 0 Å². The van der Waals surface area contributed by atoms with E-state index in [-0.39, 0.29) is 11.2 Å². The standard InChI is InChI=1S/C20H21NO/c1-12-13-6-7-16-14(15(13)10-11-21-12)8-9-17-18(16)20(4,5)22-19(17,2)3/h6-11H,1-5H3. The summed E-state index contributed by atoms with van der Waals surface area (Å²) in [6.45, 7) is 10.7. The molecule has 0 bridgehead atoms. The summed E-state index contributed by atoms with van der Waals surface area (Å²) in [5, 5.41) is 5.08. The number of aromatic nitrogens is 1. The number of rotatable bonds is 0. The van der Waals surface area contributed by atoms with Crippen molar-refractivity contribution in [2.45, 2.75) is 45.8 Å². The fourth-order valence-electron chi connectivity index (χ4n) is 4.11. The van der Waals surface area contributed by atoms with Crippen molar-refractivity contribution in [1.82, 2.24) is 4.98 Å². The number of hydrogen-bond donors (Lipinski definition) is 0. The molecule has 2 heteroatoms. The first-order valence-electron chi connectivity index (χ1n) is 7.83. The van der Waals surface area contributed by atoms with Gasteiger partial charge >= 0.3 is 0 Å². The van der Waals surface area contributed by atoms with Crippen LogP contribution >= 0.6 is 0 Å². The van der Waals surface area contributed by atoms with E-state index in [0.29, 0.717) is 0 Å². The van der Waals surface area contributed by atoms with E-state index >= 15 is 0 Å². The molecular weight excluding hydrogens is 270 g/mol. The van der Waals surface area contributed by atoms with Gasteiger partial charge in [0.2, 0.25) is 0 Å². The Kier molecular flexibility index (Phi) is 2.54.